The SMILES string of the molecule is O=C(N[C@@H](O)[C@H](O)c1cccc(OCc2ccccc2)c1)OCc1ccccc1. The molecule has 1 amide bonds. The lowest BCUT2D eigenvalue weighted by Gasteiger charge is -2.20. The number of benzene rings is 3. The van der Waals surface area contributed by atoms with Crippen LogP contribution in [0.5, 0.6) is 5.75 Å². The molecule has 6 heteroatoms. The van der Waals surface area contributed by atoms with Crippen molar-refractivity contribution in [2.75, 3.05) is 0 Å². The van der Waals surface area contributed by atoms with Crippen LogP contribution in [0.15, 0.2) is 84.9 Å². The van der Waals surface area contributed by atoms with Crippen LogP contribution in [0.1, 0.15) is 22.8 Å². The van der Waals surface area contributed by atoms with Gasteiger partial charge in [-0.05, 0) is 28.8 Å². The Morgan fingerprint density at radius 2 is 1.45 bits per heavy atom. The van der Waals surface area contributed by atoms with Crippen molar-refractivity contribution in [3.63, 3.8) is 0 Å². The summed E-state index contributed by atoms with van der Waals surface area (Å²) >= 11 is 0. The molecular formula is C23H23NO5. The van der Waals surface area contributed by atoms with Crippen LogP contribution in [0.25, 0.3) is 0 Å². The molecule has 0 aliphatic heterocycles. The van der Waals surface area contributed by atoms with Crippen LogP contribution in [-0.2, 0) is 18.0 Å². The summed E-state index contributed by atoms with van der Waals surface area (Å²) in [4.78, 5) is 11.9. The molecule has 3 aromatic carbocycles. The van der Waals surface area contributed by atoms with E-state index >= 15 is 0 Å². The van der Waals surface area contributed by atoms with Crippen molar-refractivity contribution >= 4 is 6.09 Å². The summed E-state index contributed by atoms with van der Waals surface area (Å²) in [7, 11) is 0. The normalized spacial score (nSPS) is 12.6. The Morgan fingerprint density at radius 1 is 0.828 bits per heavy atom. The molecule has 3 N–H and O–H groups in total. The van der Waals surface area contributed by atoms with Gasteiger partial charge >= 0.3 is 6.09 Å². The number of hydrogen-bond donors (Lipinski definition) is 3. The minimum absolute atomic E-state index is 0.0678. The summed E-state index contributed by atoms with van der Waals surface area (Å²) < 4.78 is 10.8. The van der Waals surface area contributed by atoms with Crippen molar-refractivity contribution in [1.82, 2.24) is 5.32 Å². The number of hydrogen-bond acceptors (Lipinski definition) is 5. The van der Waals surface area contributed by atoms with Gasteiger partial charge in [0.1, 0.15) is 25.1 Å². The van der Waals surface area contributed by atoms with Crippen molar-refractivity contribution in [2.45, 2.75) is 25.5 Å². The minimum atomic E-state index is -1.53. The highest BCUT2D eigenvalue weighted by Crippen LogP contribution is 2.22. The Balaban J connectivity index is 1.52. The maximum absolute atomic E-state index is 11.9. The van der Waals surface area contributed by atoms with E-state index in [9.17, 15) is 15.0 Å². The van der Waals surface area contributed by atoms with Gasteiger partial charge in [-0.25, -0.2) is 4.79 Å². The maximum atomic E-state index is 11.9. The second-order valence-electron chi connectivity index (χ2n) is 6.44. The lowest BCUT2D eigenvalue weighted by Crippen LogP contribution is -2.39. The van der Waals surface area contributed by atoms with E-state index in [0.29, 0.717) is 17.9 Å². The minimum Gasteiger partial charge on any atom is -0.489 e. The highest BCUT2D eigenvalue weighted by Gasteiger charge is 2.21. The summed E-state index contributed by atoms with van der Waals surface area (Å²) in [5.41, 5.74) is 2.24. The largest absolute Gasteiger partial charge is 0.489 e. The molecular weight excluding hydrogens is 370 g/mol. The molecule has 0 radical (unpaired) electrons. The first kappa shape index (κ1) is 20.4. The topological polar surface area (TPSA) is 88.0 Å². The number of aliphatic hydroxyl groups is 2. The number of rotatable bonds is 8. The predicted octanol–water partition coefficient (Wildman–Crippen LogP) is 3.54. The van der Waals surface area contributed by atoms with Crippen LogP contribution in [0.2, 0.25) is 0 Å². The van der Waals surface area contributed by atoms with E-state index in [1.54, 1.807) is 24.3 Å². The van der Waals surface area contributed by atoms with Crippen LogP contribution in [0.3, 0.4) is 0 Å². The number of nitrogens with one attached hydrogen (secondary N) is 1. The highest BCUT2D eigenvalue weighted by atomic mass is 16.6. The standard InChI is InChI=1S/C23H23NO5/c25-21(22(26)24-23(27)29-16-18-10-5-2-6-11-18)19-12-7-13-20(14-19)28-15-17-8-3-1-4-9-17/h1-14,21-22,25-26H,15-16H2,(H,24,27)/t21-,22+/m1/s1. The number of carbonyl (C=O) groups is 1. The molecule has 29 heavy (non-hydrogen) atoms. The first-order valence-electron chi connectivity index (χ1n) is 9.22. The molecule has 0 fully saturated rings. The van der Waals surface area contributed by atoms with Gasteiger partial charge in [-0.1, -0.05) is 72.8 Å². The van der Waals surface area contributed by atoms with Crippen molar-refractivity contribution in [1.29, 1.82) is 0 Å². The van der Waals surface area contributed by atoms with Crippen LogP contribution < -0.4 is 10.1 Å². The van der Waals surface area contributed by atoms with Crippen molar-refractivity contribution in [2.24, 2.45) is 0 Å². The van der Waals surface area contributed by atoms with E-state index in [1.807, 2.05) is 60.7 Å². The zero-order chi connectivity index (χ0) is 20.5. The summed E-state index contributed by atoms with van der Waals surface area (Å²) in [6, 6.07) is 25.6. The van der Waals surface area contributed by atoms with E-state index in [-0.39, 0.29) is 6.61 Å². The Labute approximate surface area is 169 Å². The highest BCUT2D eigenvalue weighted by molar-refractivity contribution is 5.67. The maximum Gasteiger partial charge on any atom is 0.409 e. The fourth-order valence-corrected chi connectivity index (χ4v) is 2.68. The molecule has 2 atom stereocenters. The average Bonchev–Trinajstić information content (AvgIpc) is 2.77. The van der Waals surface area contributed by atoms with Crippen LogP contribution in [0, 0.1) is 0 Å². The Bertz CT molecular complexity index is 901. The van der Waals surface area contributed by atoms with E-state index in [4.69, 9.17) is 9.47 Å². The molecule has 0 aliphatic rings. The third-order valence-electron chi connectivity index (χ3n) is 4.23. The molecule has 0 unspecified atom stereocenters. The zero-order valence-corrected chi connectivity index (χ0v) is 15.8. The lowest BCUT2D eigenvalue weighted by molar-refractivity contribution is -0.00441. The van der Waals surface area contributed by atoms with Crippen molar-refractivity contribution < 1.29 is 24.5 Å². The van der Waals surface area contributed by atoms with Gasteiger partial charge in [0.2, 0.25) is 0 Å². The molecule has 0 aromatic heterocycles. The lowest BCUT2D eigenvalue weighted by atomic mass is 10.1. The molecule has 0 aliphatic carbocycles. The van der Waals surface area contributed by atoms with Gasteiger partial charge in [0.25, 0.3) is 0 Å². The third kappa shape index (κ3) is 6.34. The summed E-state index contributed by atoms with van der Waals surface area (Å²) in [6.45, 7) is 0.450. The number of ether oxygens (including phenoxy) is 2. The van der Waals surface area contributed by atoms with Gasteiger partial charge in [-0.15, -0.1) is 0 Å². The van der Waals surface area contributed by atoms with Crippen molar-refractivity contribution in [3.05, 3.63) is 102 Å². The van der Waals surface area contributed by atoms with Gasteiger partial charge in [0.15, 0.2) is 6.23 Å². The molecule has 0 saturated heterocycles. The number of aliphatic hydroxyl groups excluding tert-OH is 2. The van der Waals surface area contributed by atoms with Gasteiger partial charge in [-0.2, -0.15) is 0 Å². The Hall–Kier alpha value is -3.35. The van der Waals surface area contributed by atoms with Gasteiger partial charge < -0.3 is 19.7 Å². The van der Waals surface area contributed by atoms with E-state index in [2.05, 4.69) is 5.32 Å². The number of carbonyl (C=O) groups excluding carboxylic acids is 1. The van der Waals surface area contributed by atoms with Gasteiger partial charge in [0.05, 0.1) is 0 Å². The molecule has 3 rings (SSSR count). The Morgan fingerprint density at radius 3 is 2.10 bits per heavy atom. The van der Waals surface area contributed by atoms with E-state index < -0.39 is 18.4 Å². The summed E-state index contributed by atoms with van der Waals surface area (Å²) in [5.74, 6) is 0.546. The molecule has 0 spiro atoms. The van der Waals surface area contributed by atoms with E-state index in [1.165, 1.54) is 0 Å². The molecule has 150 valence electrons. The molecule has 0 heterocycles. The Kier molecular flexibility index (Phi) is 7.22. The summed E-state index contributed by atoms with van der Waals surface area (Å²) in [5, 5.41) is 22.7. The quantitative estimate of drug-likeness (QED) is 0.510. The monoisotopic (exact) mass is 393 g/mol. The predicted molar refractivity (Wildman–Crippen MR) is 108 cm³/mol. The van der Waals surface area contributed by atoms with Crippen LogP contribution in [-0.4, -0.2) is 22.5 Å². The smallest absolute Gasteiger partial charge is 0.409 e. The molecule has 3 aromatic rings. The van der Waals surface area contributed by atoms with Crippen molar-refractivity contribution in [3.8, 4) is 5.75 Å². The van der Waals surface area contributed by atoms with E-state index in [0.717, 1.165) is 11.1 Å². The second kappa shape index (κ2) is 10.3. The average molecular weight is 393 g/mol. The fourth-order valence-electron chi connectivity index (χ4n) is 2.68. The van der Waals surface area contributed by atoms with Crippen LogP contribution >= 0.6 is 0 Å². The number of alkyl carbamates (subject to hydrolysis) is 1. The first-order chi connectivity index (χ1) is 14.1. The zero-order valence-electron chi connectivity index (χ0n) is 15.8. The fraction of sp³-hybridized carbons (Fsp3) is 0.174. The second-order valence-corrected chi connectivity index (χ2v) is 6.44. The molecule has 0 saturated carbocycles. The third-order valence-corrected chi connectivity index (χ3v) is 4.23. The molecule has 0 bridgehead atoms. The summed E-state index contributed by atoms with van der Waals surface area (Å²) in [6.07, 6.45) is -3.68. The molecule has 6 nitrogen and oxygen atoms in total. The van der Waals surface area contributed by atoms with Gasteiger partial charge in [0, 0.05) is 0 Å². The first-order valence-corrected chi connectivity index (χ1v) is 9.22. The van der Waals surface area contributed by atoms with Gasteiger partial charge in [-0.3, -0.25) is 5.32 Å². The van der Waals surface area contributed by atoms with Crippen LogP contribution in [0.4, 0.5) is 4.79 Å². The number of amides is 1.